The molecule has 0 aliphatic carbocycles. The van der Waals surface area contributed by atoms with Gasteiger partial charge < -0.3 is 14.6 Å². The number of aromatic nitrogens is 1. The van der Waals surface area contributed by atoms with E-state index in [9.17, 15) is 9.59 Å². The summed E-state index contributed by atoms with van der Waals surface area (Å²) in [4.78, 5) is 25.6. The number of carboxylic acids is 1. The third kappa shape index (κ3) is 2.98. The number of carbonyl (C=O) groups is 2. The van der Waals surface area contributed by atoms with E-state index >= 15 is 0 Å². The number of carboxylic acid groups (broad SMARTS) is 1. The minimum absolute atomic E-state index is 0.0897. The normalized spacial score (nSPS) is 17.3. The van der Waals surface area contributed by atoms with Crippen LogP contribution in [0.4, 0.5) is 0 Å². The number of benzene rings is 1. The highest BCUT2D eigenvalue weighted by atomic mass is 79.9. The van der Waals surface area contributed by atoms with Gasteiger partial charge in [-0.05, 0) is 44.5 Å². The van der Waals surface area contributed by atoms with Crippen LogP contribution < -0.4 is 0 Å². The van der Waals surface area contributed by atoms with Crippen LogP contribution >= 0.6 is 15.9 Å². The van der Waals surface area contributed by atoms with Crippen LogP contribution in [0.25, 0.3) is 5.69 Å². The zero-order chi connectivity index (χ0) is 17.4. The largest absolute Gasteiger partial charge is 0.481 e. The highest BCUT2D eigenvalue weighted by molar-refractivity contribution is 9.10. The van der Waals surface area contributed by atoms with Crippen LogP contribution in [0.2, 0.25) is 0 Å². The van der Waals surface area contributed by atoms with Crippen molar-refractivity contribution in [2.75, 3.05) is 13.1 Å². The van der Waals surface area contributed by atoms with Gasteiger partial charge in [-0.1, -0.05) is 22.0 Å². The summed E-state index contributed by atoms with van der Waals surface area (Å²) < 4.78 is 3.02. The quantitative estimate of drug-likeness (QED) is 0.873. The number of aliphatic carboxylic acids is 1. The Kier molecular flexibility index (Phi) is 4.49. The summed E-state index contributed by atoms with van der Waals surface area (Å²) in [6, 6.07) is 9.80. The molecule has 0 spiro atoms. The predicted molar refractivity (Wildman–Crippen MR) is 94.6 cm³/mol. The van der Waals surface area contributed by atoms with Crippen LogP contribution in [0.5, 0.6) is 0 Å². The van der Waals surface area contributed by atoms with Crippen molar-refractivity contribution in [3.8, 4) is 5.69 Å². The van der Waals surface area contributed by atoms with Crippen molar-refractivity contribution in [1.82, 2.24) is 9.47 Å². The monoisotopic (exact) mass is 390 g/mol. The average Bonchev–Trinajstić information content (AvgIpc) is 3.12. The summed E-state index contributed by atoms with van der Waals surface area (Å²) in [5.41, 5.74) is 3.47. The zero-order valence-electron chi connectivity index (χ0n) is 13.6. The van der Waals surface area contributed by atoms with E-state index in [1.54, 1.807) is 4.90 Å². The second kappa shape index (κ2) is 6.43. The molecule has 3 rings (SSSR count). The fourth-order valence-corrected chi connectivity index (χ4v) is 3.70. The topological polar surface area (TPSA) is 62.5 Å². The highest BCUT2D eigenvalue weighted by Gasteiger charge is 2.32. The van der Waals surface area contributed by atoms with Crippen LogP contribution in [0.15, 0.2) is 34.8 Å². The molecule has 1 fully saturated rings. The van der Waals surface area contributed by atoms with Gasteiger partial charge >= 0.3 is 5.97 Å². The lowest BCUT2D eigenvalue weighted by molar-refractivity contribution is -0.141. The molecule has 1 aliphatic rings. The van der Waals surface area contributed by atoms with E-state index in [4.69, 9.17) is 5.11 Å². The van der Waals surface area contributed by atoms with Crippen molar-refractivity contribution in [3.05, 3.63) is 51.8 Å². The third-order valence-corrected chi connectivity index (χ3v) is 5.05. The van der Waals surface area contributed by atoms with E-state index in [1.807, 2.05) is 48.7 Å². The maximum atomic E-state index is 12.8. The van der Waals surface area contributed by atoms with Gasteiger partial charge in [0.25, 0.3) is 5.91 Å². The van der Waals surface area contributed by atoms with Gasteiger partial charge in [0.1, 0.15) is 0 Å². The number of nitrogens with zero attached hydrogens (tertiary/aromatic N) is 2. The van der Waals surface area contributed by atoms with Crippen LogP contribution in [-0.2, 0) is 4.79 Å². The lowest BCUT2D eigenvalue weighted by Crippen LogP contribution is -2.30. The fraction of sp³-hybridized carbons (Fsp3) is 0.333. The second-order valence-electron chi connectivity index (χ2n) is 6.18. The Labute approximate surface area is 149 Å². The summed E-state index contributed by atoms with van der Waals surface area (Å²) in [5.74, 6) is -1.37. The molecular formula is C18H19BrN2O3. The molecule has 2 heterocycles. The first-order chi connectivity index (χ1) is 11.4. The Morgan fingerprint density at radius 2 is 2.00 bits per heavy atom. The van der Waals surface area contributed by atoms with E-state index in [-0.39, 0.29) is 12.5 Å². The number of halogens is 1. The molecule has 1 aromatic heterocycles. The van der Waals surface area contributed by atoms with Gasteiger partial charge in [-0.2, -0.15) is 0 Å². The van der Waals surface area contributed by atoms with Crippen molar-refractivity contribution < 1.29 is 14.7 Å². The molecule has 0 saturated carbocycles. The molecule has 0 radical (unpaired) electrons. The molecule has 1 aromatic carbocycles. The molecule has 0 bridgehead atoms. The van der Waals surface area contributed by atoms with Gasteiger partial charge in [0, 0.05) is 34.6 Å². The molecule has 1 aliphatic heterocycles. The van der Waals surface area contributed by atoms with E-state index < -0.39 is 11.9 Å². The molecule has 6 heteroatoms. The number of amides is 1. The molecule has 24 heavy (non-hydrogen) atoms. The van der Waals surface area contributed by atoms with Crippen LogP contribution in [0.1, 0.15) is 28.2 Å². The number of hydrogen-bond acceptors (Lipinski definition) is 2. The first-order valence-electron chi connectivity index (χ1n) is 7.85. The van der Waals surface area contributed by atoms with Gasteiger partial charge in [-0.25, -0.2) is 0 Å². The third-order valence-electron chi connectivity index (χ3n) is 4.55. The molecular weight excluding hydrogens is 372 g/mol. The maximum Gasteiger partial charge on any atom is 0.308 e. The molecule has 1 saturated heterocycles. The number of carbonyl (C=O) groups excluding carboxylic acids is 1. The number of likely N-dealkylation sites (tertiary alicyclic amines) is 1. The van der Waals surface area contributed by atoms with Crippen LogP contribution in [0.3, 0.4) is 0 Å². The zero-order valence-corrected chi connectivity index (χ0v) is 15.2. The molecule has 126 valence electrons. The van der Waals surface area contributed by atoms with E-state index in [1.165, 1.54) is 0 Å². The highest BCUT2D eigenvalue weighted by Crippen LogP contribution is 2.26. The minimum Gasteiger partial charge on any atom is -0.481 e. The lowest BCUT2D eigenvalue weighted by Gasteiger charge is -2.16. The fourth-order valence-electron chi connectivity index (χ4n) is 3.31. The standard InChI is InChI=1S/C18H19BrN2O3/c1-11-8-16(17(22)20-7-6-13(10-20)18(23)24)12(2)21(11)15-5-3-4-14(19)9-15/h3-5,8-9,13H,6-7,10H2,1-2H3,(H,23,24). The molecule has 1 amide bonds. The SMILES string of the molecule is Cc1cc(C(=O)N2CCC(C(=O)O)C2)c(C)n1-c1cccc(Br)c1. The summed E-state index contributed by atoms with van der Waals surface area (Å²) in [6.07, 6.45) is 0.519. The van der Waals surface area contributed by atoms with Crippen molar-refractivity contribution in [1.29, 1.82) is 0 Å². The van der Waals surface area contributed by atoms with Gasteiger partial charge in [0.2, 0.25) is 0 Å². The summed E-state index contributed by atoms with van der Waals surface area (Å²) in [6.45, 7) is 4.67. The number of rotatable bonds is 3. The molecule has 1 N–H and O–H groups in total. The summed E-state index contributed by atoms with van der Waals surface area (Å²) in [5, 5.41) is 9.11. The Balaban J connectivity index is 1.92. The number of hydrogen-bond donors (Lipinski definition) is 1. The van der Waals surface area contributed by atoms with Crippen molar-refractivity contribution in [2.45, 2.75) is 20.3 Å². The molecule has 1 atom stereocenters. The van der Waals surface area contributed by atoms with E-state index in [0.29, 0.717) is 18.5 Å². The van der Waals surface area contributed by atoms with Crippen molar-refractivity contribution >= 4 is 27.8 Å². The van der Waals surface area contributed by atoms with Crippen molar-refractivity contribution in [3.63, 3.8) is 0 Å². The van der Waals surface area contributed by atoms with Gasteiger partial charge in [0.15, 0.2) is 0 Å². The first kappa shape index (κ1) is 16.8. The van der Waals surface area contributed by atoms with Gasteiger partial charge in [-0.3, -0.25) is 9.59 Å². The van der Waals surface area contributed by atoms with E-state index in [2.05, 4.69) is 15.9 Å². The summed E-state index contributed by atoms with van der Waals surface area (Å²) in [7, 11) is 0. The van der Waals surface area contributed by atoms with Crippen molar-refractivity contribution in [2.24, 2.45) is 5.92 Å². The minimum atomic E-state index is -0.829. The molecule has 1 unspecified atom stereocenters. The Bertz CT molecular complexity index is 813. The van der Waals surface area contributed by atoms with Gasteiger partial charge in [0.05, 0.1) is 11.5 Å². The van der Waals surface area contributed by atoms with Gasteiger partial charge in [-0.15, -0.1) is 0 Å². The first-order valence-corrected chi connectivity index (χ1v) is 8.64. The second-order valence-corrected chi connectivity index (χ2v) is 7.09. The molecule has 5 nitrogen and oxygen atoms in total. The summed E-state index contributed by atoms with van der Waals surface area (Å²) >= 11 is 3.47. The lowest BCUT2D eigenvalue weighted by atomic mass is 10.1. The number of aryl methyl sites for hydroxylation is 1. The Morgan fingerprint density at radius 3 is 2.62 bits per heavy atom. The van der Waals surface area contributed by atoms with Crippen LogP contribution in [0, 0.1) is 19.8 Å². The smallest absolute Gasteiger partial charge is 0.308 e. The average molecular weight is 391 g/mol. The predicted octanol–water partition coefficient (Wildman–Crippen LogP) is 3.40. The maximum absolute atomic E-state index is 12.8. The Morgan fingerprint density at radius 1 is 1.25 bits per heavy atom. The molecule has 2 aromatic rings. The Hall–Kier alpha value is -2.08. The van der Waals surface area contributed by atoms with E-state index in [0.717, 1.165) is 21.5 Å². The van der Waals surface area contributed by atoms with Crippen LogP contribution in [-0.4, -0.2) is 39.5 Å².